The molecule has 0 aromatic heterocycles. The van der Waals surface area contributed by atoms with Crippen LogP contribution in [0, 0.1) is 0 Å². The molecule has 162 valence electrons. The van der Waals surface area contributed by atoms with Crippen LogP contribution in [0.15, 0.2) is 106 Å². The summed E-state index contributed by atoms with van der Waals surface area (Å²) in [6.45, 7) is 0. The number of hydrogen-bond donors (Lipinski definition) is 2. The summed E-state index contributed by atoms with van der Waals surface area (Å²) in [7, 11) is -3.83. The number of nitrogens with one attached hydrogen (secondary N) is 2. The molecule has 0 aliphatic heterocycles. The summed E-state index contributed by atoms with van der Waals surface area (Å²) in [5, 5.41) is 4.88. The molecule has 0 saturated heterocycles. The third kappa shape index (κ3) is 5.24. The van der Waals surface area contributed by atoms with Crippen LogP contribution in [0.4, 0.5) is 5.69 Å². The molecule has 4 rings (SSSR count). The lowest BCUT2D eigenvalue weighted by molar-refractivity contribution is -0.116. The zero-order chi connectivity index (χ0) is 22.6. The monoisotopic (exact) mass is 508 g/mol. The molecule has 1 atom stereocenters. The normalized spacial score (nSPS) is 12.4. The zero-order valence-corrected chi connectivity index (χ0v) is 19.4. The number of amides is 1. The molecule has 0 aliphatic rings. The number of carbonyl (C=O) groups is 1. The maximum atomic E-state index is 13.0. The maximum absolute atomic E-state index is 13.0. The minimum absolute atomic E-state index is 0.0526. The fourth-order valence-corrected chi connectivity index (χ4v) is 4.99. The molecular weight excluding hydrogens is 488 g/mol. The first-order valence-corrected chi connectivity index (χ1v) is 12.3. The molecule has 7 heteroatoms. The van der Waals surface area contributed by atoms with Gasteiger partial charge >= 0.3 is 0 Å². The van der Waals surface area contributed by atoms with Gasteiger partial charge in [-0.25, -0.2) is 13.1 Å². The molecular formula is C25H21BrN2O3S. The van der Waals surface area contributed by atoms with Crippen LogP contribution in [-0.4, -0.2) is 14.3 Å². The van der Waals surface area contributed by atoms with Gasteiger partial charge in [-0.3, -0.25) is 4.79 Å². The molecule has 0 radical (unpaired) electrons. The number of rotatable bonds is 7. The Bertz CT molecular complexity index is 1340. The van der Waals surface area contributed by atoms with E-state index < -0.39 is 16.1 Å². The molecule has 2 N–H and O–H groups in total. The number of hydrogen-bond acceptors (Lipinski definition) is 3. The highest BCUT2D eigenvalue weighted by molar-refractivity contribution is 9.10. The molecule has 1 amide bonds. The van der Waals surface area contributed by atoms with Crippen LogP contribution in [0.5, 0.6) is 0 Å². The minimum atomic E-state index is -3.83. The molecule has 4 aromatic carbocycles. The average molecular weight is 509 g/mol. The second-order valence-corrected chi connectivity index (χ2v) is 9.95. The van der Waals surface area contributed by atoms with E-state index in [2.05, 4.69) is 26.0 Å². The zero-order valence-electron chi connectivity index (χ0n) is 17.0. The van der Waals surface area contributed by atoms with Gasteiger partial charge in [0.15, 0.2) is 0 Å². The highest BCUT2D eigenvalue weighted by Gasteiger charge is 2.24. The summed E-state index contributed by atoms with van der Waals surface area (Å²) in [5.41, 5.74) is 1.40. The Balaban J connectivity index is 1.58. The maximum Gasteiger partial charge on any atom is 0.241 e. The topological polar surface area (TPSA) is 75.3 Å². The van der Waals surface area contributed by atoms with Crippen molar-refractivity contribution in [3.63, 3.8) is 0 Å². The van der Waals surface area contributed by atoms with Gasteiger partial charge in [0.05, 0.1) is 10.9 Å². The van der Waals surface area contributed by atoms with E-state index in [0.29, 0.717) is 11.3 Å². The lowest BCUT2D eigenvalue weighted by Gasteiger charge is -2.19. The van der Waals surface area contributed by atoms with Gasteiger partial charge in [-0.05, 0) is 41.3 Å². The summed E-state index contributed by atoms with van der Waals surface area (Å²) in [5.74, 6) is -0.284. The Morgan fingerprint density at radius 3 is 2.22 bits per heavy atom. The fourth-order valence-electron chi connectivity index (χ4n) is 3.50. The van der Waals surface area contributed by atoms with Crippen LogP contribution in [-0.2, 0) is 14.8 Å². The Morgan fingerprint density at radius 2 is 1.47 bits per heavy atom. The Hall–Kier alpha value is -3.00. The average Bonchev–Trinajstić information content (AvgIpc) is 2.80. The van der Waals surface area contributed by atoms with Crippen LogP contribution in [0.25, 0.3) is 10.8 Å². The van der Waals surface area contributed by atoms with Crippen LogP contribution in [0.2, 0.25) is 0 Å². The summed E-state index contributed by atoms with van der Waals surface area (Å²) in [6.07, 6.45) is -0.0526. The van der Waals surface area contributed by atoms with Crippen molar-refractivity contribution >= 4 is 48.3 Å². The molecule has 0 spiro atoms. The van der Waals surface area contributed by atoms with Crippen LogP contribution >= 0.6 is 15.9 Å². The van der Waals surface area contributed by atoms with E-state index >= 15 is 0 Å². The molecule has 0 fully saturated rings. The molecule has 5 nitrogen and oxygen atoms in total. The van der Waals surface area contributed by atoms with Crippen LogP contribution in [0.3, 0.4) is 0 Å². The molecule has 4 aromatic rings. The lowest BCUT2D eigenvalue weighted by atomic mass is 10.0. The summed E-state index contributed by atoms with van der Waals surface area (Å²) in [6, 6.07) is 28.2. The Morgan fingerprint density at radius 1 is 0.812 bits per heavy atom. The number of halogens is 1. The third-order valence-electron chi connectivity index (χ3n) is 5.08. The summed E-state index contributed by atoms with van der Waals surface area (Å²) < 4.78 is 29.4. The lowest BCUT2D eigenvalue weighted by Crippen LogP contribution is -2.31. The molecule has 0 bridgehead atoms. The predicted molar refractivity (Wildman–Crippen MR) is 131 cm³/mol. The standard InChI is InChI=1S/C25H21BrN2O3S/c26-20-13-15-21(16-14-20)32(30,31)28-24(19-8-2-1-3-9-19)17-25(29)27-23-12-6-10-18-7-4-5-11-22(18)23/h1-16,24,28H,17H2,(H,27,29). The van der Waals surface area contributed by atoms with Gasteiger partial charge < -0.3 is 5.32 Å². The molecule has 0 saturated carbocycles. The Kier molecular flexibility index (Phi) is 6.69. The van der Waals surface area contributed by atoms with E-state index in [1.807, 2.05) is 60.7 Å². The van der Waals surface area contributed by atoms with Crippen molar-refractivity contribution in [2.24, 2.45) is 0 Å². The van der Waals surface area contributed by atoms with Gasteiger partial charge in [0.25, 0.3) is 0 Å². The second kappa shape index (κ2) is 9.65. The van der Waals surface area contributed by atoms with Gasteiger partial charge in [0, 0.05) is 22.0 Å². The quantitative estimate of drug-likeness (QED) is 0.338. The van der Waals surface area contributed by atoms with Crippen molar-refractivity contribution in [3.8, 4) is 0 Å². The smallest absolute Gasteiger partial charge is 0.241 e. The largest absolute Gasteiger partial charge is 0.325 e. The van der Waals surface area contributed by atoms with Crippen molar-refractivity contribution in [2.45, 2.75) is 17.4 Å². The van der Waals surface area contributed by atoms with E-state index in [4.69, 9.17) is 0 Å². The van der Waals surface area contributed by atoms with Gasteiger partial charge in [0.1, 0.15) is 0 Å². The van der Waals surface area contributed by atoms with Gasteiger partial charge in [0.2, 0.25) is 15.9 Å². The summed E-state index contributed by atoms with van der Waals surface area (Å²) in [4.78, 5) is 13.1. The number of benzene rings is 4. The SMILES string of the molecule is O=C(CC(NS(=O)(=O)c1ccc(Br)cc1)c1ccccc1)Nc1cccc2ccccc12. The molecule has 0 aliphatic carbocycles. The fraction of sp³-hybridized carbons (Fsp3) is 0.0800. The first kappa shape index (κ1) is 22.2. The van der Waals surface area contributed by atoms with Crippen LogP contribution < -0.4 is 10.0 Å². The van der Waals surface area contributed by atoms with E-state index in [0.717, 1.165) is 15.2 Å². The van der Waals surface area contributed by atoms with Crippen molar-refractivity contribution in [1.82, 2.24) is 4.72 Å². The first-order chi connectivity index (χ1) is 15.4. The number of fused-ring (bicyclic) bond motifs is 1. The van der Waals surface area contributed by atoms with Crippen molar-refractivity contribution in [3.05, 3.63) is 107 Å². The number of carbonyl (C=O) groups excluding carboxylic acids is 1. The summed E-state index contributed by atoms with van der Waals surface area (Å²) >= 11 is 3.31. The molecule has 0 heterocycles. The van der Waals surface area contributed by atoms with E-state index in [1.165, 1.54) is 12.1 Å². The third-order valence-corrected chi connectivity index (χ3v) is 7.09. The molecule has 32 heavy (non-hydrogen) atoms. The van der Waals surface area contributed by atoms with E-state index in [1.54, 1.807) is 24.3 Å². The van der Waals surface area contributed by atoms with Crippen molar-refractivity contribution in [2.75, 3.05) is 5.32 Å². The highest BCUT2D eigenvalue weighted by Crippen LogP contribution is 2.25. The molecule has 1 unspecified atom stereocenters. The number of anilines is 1. The predicted octanol–water partition coefficient (Wildman–Crippen LogP) is 5.65. The van der Waals surface area contributed by atoms with Gasteiger partial charge in [-0.15, -0.1) is 0 Å². The van der Waals surface area contributed by atoms with Crippen molar-refractivity contribution in [1.29, 1.82) is 0 Å². The van der Waals surface area contributed by atoms with Crippen molar-refractivity contribution < 1.29 is 13.2 Å². The van der Waals surface area contributed by atoms with Gasteiger partial charge in [-0.2, -0.15) is 0 Å². The van der Waals surface area contributed by atoms with Gasteiger partial charge in [-0.1, -0.05) is 82.7 Å². The Labute approximate surface area is 195 Å². The highest BCUT2D eigenvalue weighted by atomic mass is 79.9. The minimum Gasteiger partial charge on any atom is -0.325 e. The van der Waals surface area contributed by atoms with E-state index in [-0.39, 0.29) is 17.2 Å². The van der Waals surface area contributed by atoms with E-state index in [9.17, 15) is 13.2 Å². The second-order valence-electron chi connectivity index (χ2n) is 7.32. The number of sulfonamides is 1. The van der Waals surface area contributed by atoms with Crippen LogP contribution in [0.1, 0.15) is 18.0 Å². The first-order valence-electron chi connectivity index (χ1n) is 10.0.